The van der Waals surface area contributed by atoms with Gasteiger partial charge in [0, 0.05) is 5.92 Å². The minimum atomic E-state index is -0.499. The van der Waals surface area contributed by atoms with Gasteiger partial charge in [-0.3, -0.25) is 4.79 Å². The van der Waals surface area contributed by atoms with Gasteiger partial charge in [-0.1, -0.05) is 19.1 Å². The summed E-state index contributed by atoms with van der Waals surface area (Å²) >= 11 is 0. The van der Waals surface area contributed by atoms with Gasteiger partial charge in [-0.25, -0.2) is 0 Å². The van der Waals surface area contributed by atoms with E-state index in [1.165, 1.54) is 0 Å². The number of hydrazone groups is 1. The lowest BCUT2D eigenvalue weighted by Gasteiger charge is -2.15. The number of primary amides is 1. The third-order valence-electron chi connectivity index (χ3n) is 2.76. The zero-order valence-corrected chi connectivity index (χ0v) is 8.84. The molecule has 2 atom stereocenters. The predicted octanol–water partition coefficient (Wildman–Crippen LogP) is 0.514. The van der Waals surface area contributed by atoms with Gasteiger partial charge in [0.25, 0.3) is 5.91 Å². The van der Waals surface area contributed by atoms with Crippen LogP contribution in [-0.2, 0) is 4.79 Å². The van der Waals surface area contributed by atoms with Gasteiger partial charge in [0.2, 0.25) is 0 Å². The van der Waals surface area contributed by atoms with Gasteiger partial charge in [-0.15, -0.1) is 0 Å². The van der Waals surface area contributed by atoms with Crippen LogP contribution in [0.2, 0.25) is 0 Å². The number of nitrogens with one attached hydrogen (secondary N) is 1. The molecule has 0 fully saturated rings. The molecule has 1 aromatic carbocycles. The first-order chi connectivity index (χ1) is 7.59. The molecule has 4 N–H and O–H groups in total. The number of rotatable bonds is 2. The van der Waals surface area contributed by atoms with Crippen molar-refractivity contribution in [3.8, 4) is 5.75 Å². The third-order valence-corrected chi connectivity index (χ3v) is 2.76. The number of carbonyl (C=O) groups is 1. The highest BCUT2D eigenvalue weighted by molar-refractivity contribution is 6.39. The number of amides is 1. The Labute approximate surface area is 93.0 Å². The molecular formula is C11H13N3O2. The number of phenolic OH excluding ortho intramolecular Hbond substituents is 1. The van der Waals surface area contributed by atoms with Crippen molar-refractivity contribution < 1.29 is 9.90 Å². The first-order valence-electron chi connectivity index (χ1n) is 5.01. The molecule has 0 saturated carbocycles. The predicted molar refractivity (Wildman–Crippen MR) is 59.8 cm³/mol. The zero-order chi connectivity index (χ0) is 11.7. The van der Waals surface area contributed by atoms with E-state index in [9.17, 15) is 9.90 Å². The average molecular weight is 219 g/mol. The fourth-order valence-electron chi connectivity index (χ4n) is 1.83. The van der Waals surface area contributed by atoms with Crippen molar-refractivity contribution in [3.05, 3.63) is 29.8 Å². The lowest BCUT2D eigenvalue weighted by atomic mass is 9.92. The SMILES string of the molecule is CC1C(C(N)=O)=NNC1c1ccc(O)cc1. The van der Waals surface area contributed by atoms with Gasteiger partial charge in [0.15, 0.2) is 0 Å². The van der Waals surface area contributed by atoms with E-state index < -0.39 is 5.91 Å². The van der Waals surface area contributed by atoms with Crippen molar-refractivity contribution in [3.63, 3.8) is 0 Å². The van der Waals surface area contributed by atoms with Gasteiger partial charge < -0.3 is 16.3 Å². The molecule has 1 aliphatic rings. The Hall–Kier alpha value is -2.04. The van der Waals surface area contributed by atoms with Crippen molar-refractivity contribution in [2.75, 3.05) is 0 Å². The Morgan fingerprint density at radius 3 is 2.56 bits per heavy atom. The van der Waals surface area contributed by atoms with Gasteiger partial charge in [-0.05, 0) is 17.7 Å². The molecular weight excluding hydrogens is 206 g/mol. The first kappa shape index (κ1) is 10.5. The molecule has 0 saturated heterocycles. The minimum Gasteiger partial charge on any atom is -0.508 e. The highest BCUT2D eigenvalue weighted by Gasteiger charge is 2.31. The highest BCUT2D eigenvalue weighted by atomic mass is 16.3. The van der Waals surface area contributed by atoms with Gasteiger partial charge in [0.05, 0.1) is 6.04 Å². The quantitative estimate of drug-likeness (QED) is 0.677. The number of nitrogens with zero attached hydrogens (tertiary/aromatic N) is 1. The second kappa shape index (κ2) is 3.84. The molecule has 2 unspecified atom stereocenters. The molecule has 16 heavy (non-hydrogen) atoms. The molecule has 84 valence electrons. The molecule has 0 spiro atoms. The van der Waals surface area contributed by atoms with E-state index in [-0.39, 0.29) is 17.7 Å². The van der Waals surface area contributed by atoms with E-state index in [4.69, 9.17) is 5.73 Å². The van der Waals surface area contributed by atoms with Crippen LogP contribution in [0.25, 0.3) is 0 Å². The summed E-state index contributed by atoms with van der Waals surface area (Å²) in [5, 5.41) is 13.1. The molecule has 1 aromatic rings. The fraction of sp³-hybridized carbons (Fsp3) is 0.273. The molecule has 5 heteroatoms. The molecule has 0 aromatic heterocycles. The van der Waals surface area contributed by atoms with Gasteiger partial charge in [0.1, 0.15) is 11.5 Å². The third kappa shape index (κ3) is 1.71. The summed E-state index contributed by atoms with van der Waals surface area (Å²) < 4.78 is 0. The second-order valence-electron chi connectivity index (χ2n) is 3.85. The summed E-state index contributed by atoms with van der Waals surface area (Å²) in [6.07, 6.45) is 0. The molecule has 0 aliphatic carbocycles. The van der Waals surface area contributed by atoms with Crippen LogP contribution in [0.15, 0.2) is 29.4 Å². The van der Waals surface area contributed by atoms with E-state index in [1.54, 1.807) is 24.3 Å². The summed E-state index contributed by atoms with van der Waals surface area (Å²) in [6, 6.07) is 6.73. The second-order valence-corrected chi connectivity index (χ2v) is 3.85. The molecule has 1 aliphatic heterocycles. The molecule has 0 radical (unpaired) electrons. The van der Waals surface area contributed by atoms with Crippen LogP contribution in [0.5, 0.6) is 5.75 Å². The van der Waals surface area contributed by atoms with Gasteiger partial charge >= 0.3 is 0 Å². The molecule has 2 rings (SSSR count). The summed E-state index contributed by atoms with van der Waals surface area (Å²) in [5.74, 6) is -0.353. The van der Waals surface area contributed by atoms with Gasteiger partial charge in [-0.2, -0.15) is 5.10 Å². The fourth-order valence-corrected chi connectivity index (χ4v) is 1.83. The monoisotopic (exact) mass is 219 g/mol. The highest BCUT2D eigenvalue weighted by Crippen LogP contribution is 2.28. The Balaban J connectivity index is 2.21. The molecule has 0 bridgehead atoms. The Kier molecular flexibility index (Phi) is 2.52. The maximum absolute atomic E-state index is 11.1. The Morgan fingerprint density at radius 1 is 1.44 bits per heavy atom. The summed E-state index contributed by atoms with van der Waals surface area (Å²) in [5.41, 5.74) is 9.40. The van der Waals surface area contributed by atoms with Crippen LogP contribution >= 0.6 is 0 Å². The van der Waals surface area contributed by atoms with E-state index in [2.05, 4.69) is 10.5 Å². The average Bonchev–Trinajstić information content (AvgIpc) is 2.61. The number of carbonyl (C=O) groups excluding carboxylic acids is 1. The molecule has 5 nitrogen and oxygen atoms in total. The minimum absolute atomic E-state index is 0.0666. The standard InChI is InChI=1S/C11H13N3O2/c1-6-9(13-14-10(6)11(12)16)7-2-4-8(15)5-3-7/h2-6,9,13,15H,1H3,(H2,12,16). The number of benzene rings is 1. The van der Waals surface area contributed by atoms with Crippen LogP contribution in [0, 0.1) is 5.92 Å². The van der Waals surface area contributed by atoms with Crippen LogP contribution in [0.1, 0.15) is 18.5 Å². The summed E-state index contributed by atoms with van der Waals surface area (Å²) in [7, 11) is 0. The van der Waals surface area contributed by atoms with E-state index in [0.29, 0.717) is 5.71 Å². The van der Waals surface area contributed by atoms with Crippen molar-refractivity contribution in [2.24, 2.45) is 16.8 Å². The van der Waals surface area contributed by atoms with Crippen LogP contribution in [-0.4, -0.2) is 16.7 Å². The number of nitrogens with two attached hydrogens (primary N) is 1. The number of phenols is 1. The van der Waals surface area contributed by atoms with Crippen LogP contribution < -0.4 is 11.2 Å². The summed E-state index contributed by atoms with van der Waals surface area (Å²) in [6.45, 7) is 1.89. The maximum atomic E-state index is 11.1. The van der Waals surface area contributed by atoms with Crippen molar-refractivity contribution in [1.29, 1.82) is 0 Å². The molecule has 1 amide bonds. The Bertz CT molecular complexity index is 439. The first-order valence-corrected chi connectivity index (χ1v) is 5.01. The van der Waals surface area contributed by atoms with E-state index >= 15 is 0 Å². The maximum Gasteiger partial charge on any atom is 0.265 e. The van der Waals surface area contributed by atoms with E-state index in [1.807, 2.05) is 6.92 Å². The smallest absolute Gasteiger partial charge is 0.265 e. The lowest BCUT2D eigenvalue weighted by Crippen LogP contribution is -2.28. The topological polar surface area (TPSA) is 87.7 Å². The number of hydrogen-bond donors (Lipinski definition) is 3. The molecule has 1 heterocycles. The van der Waals surface area contributed by atoms with Crippen molar-refractivity contribution >= 4 is 11.6 Å². The summed E-state index contributed by atoms with van der Waals surface area (Å²) in [4.78, 5) is 11.1. The number of hydrogen-bond acceptors (Lipinski definition) is 4. The van der Waals surface area contributed by atoms with Crippen molar-refractivity contribution in [2.45, 2.75) is 13.0 Å². The van der Waals surface area contributed by atoms with Crippen LogP contribution in [0.3, 0.4) is 0 Å². The zero-order valence-electron chi connectivity index (χ0n) is 8.84. The normalized spacial score (nSPS) is 23.7. The van der Waals surface area contributed by atoms with E-state index in [0.717, 1.165) is 5.56 Å². The Morgan fingerprint density at radius 2 is 2.06 bits per heavy atom. The number of aromatic hydroxyl groups is 1. The van der Waals surface area contributed by atoms with Crippen LogP contribution in [0.4, 0.5) is 0 Å². The van der Waals surface area contributed by atoms with Crippen molar-refractivity contribution in [1.82, 2.24) is 5.43 Å². The lowest BCUT2D eigenvalue weighted by molar-refractivity contribution is -0.112. The largest absolute Gasteiger partial charge is 0.508 e.